The predicted molar refractivity (Wildman–Crippen MR) is 99.0 cm³/mol. The molecule has 0 saturated carbocycles. The number of allylic oxidation sites excluding steroid dienone is 2. The van der Waals surface area contributed by atoms with E-state index in [0.29, 0.717) is 27.0 Å². The number of fused-ring (bicyclic) bond motifs is 2. The Morgan fingerprint density at radius 2 is 1.75 bits per heavy atom. The summed E-state index contributed by atoms with van der Waals surface area (Å²) < 4.78 is 47.0. The van der Waals surface area contributed by atoms with Gasteiger partial charge in [0.2, 0.25) is 4.62 Å². The van der Waals surface area contributed by atoms with Crippen LogP contribution in [0.1, 0.15) is 11.3 Å². The van der Waals surface area contributed by atoms with E-state index >= 15 is 8.63 Å². The summed E-state index contributed by atoms with van der Waals surface area (Å²) in [5.41, 5.74) is 1.71. The molecule has 3 heterocycles. The first kappa shape index (κ1) is 16.4. The molecule has 4 rings (SSSR count). The Balaban J connectivity index is 2.14. The number of benzene rings is 1. The topological polar surface area (TPSA) is 7.94 Å². The molecular formula is C15H7BBr3F3N2. The standard InChI is InChI=1S/C15H7BBr3F3N2/c17-10-2-1-8(20)7-9(10)15-11-3-5-13(18)23(11)16(21,22)24-12(15)4-6-14(24)19/h1-7H. The maximum absolute atomic E-state index is 15.1. The van der Waals surface area contributed by atoms with Crippen LogP contribution in [0.5, 0.6) is 0 Å². The molecule has 0 atom stereocenters. The summed E-state index contributed by atoms with van der Waals surface area (Å²) in [6.07, 6.45) is 3.18. The van der Waals surface area contributed by atoms with Crippen LogP contribution in [0.4, 0.5) is 13.0 Å². The molecule has 1 aromatic carbocycles. The van der Waals surface area contributed by atoms with Crippen LogP contribution in [-0.4, -0.2) is 20.6 Å². The third-order valence-electron chi connectivity index (χ3n) is 4.07. The second-order valence-corrected chi connectivity index (χ2v) is 7.89. The Hall–Kier alpha value is -1.06. The third-order valence-corrected chi connectivity index (χ3v) is 6.05. The molecule has 9 heteroatoms. The number of rotatable bonds is 1. The zero-order valence-corrected chi connectivity index (χ0v) is 16.5. The Morgan fingerprint density at radius 1 is 1.00 bits per heavy atom. The fourth-order valence-electron chi connectivity index (χ4n) is 3.10. The minimum Gasteiger partial charge on any atom is -0.389 e. The van der Waals surface area contributed by atoms with Gasteiger partial charge in [-0.05, 0) is 46.3 Å². The Bertz CT molecular complexity index is 992. The molecule has 2 nitrogen and oxygen atoms in total. The first-order valence-corrected chi connectivity index (χ1v) is 9.29. The van der Waals surface area contributed by atoms with Gasteiger partial charge in [0.25, 0.3) is 0 Å². The van der Waals surface area contributed by atoms with Crippen molar-refractivity contribution in [3.63, 3.8) is 0 Å². The highest BCUT2D eigenvalue weighted by Gasteiger charge is 2.54. The van der Waals surface area contributed by atoms with Crippen molar-refractivity contribution >= 4 is 65.0 Å². The van der Waals surface area contributed by atoms with Gasteiger partial charge < -0.3 is 17.6 Å². The molecule has 0 fully saturated rings. The minimum absolute atomic E-state index is 0.263. The van der Waals surface area contributed by atoms with Gasteiger partial charge in [-0.15, -0.1) is 0 Å². The average molecular weight is 523 g/mol. The molecule has 122 valence electrons. The Kier molecular flexibility index (Phi) is 3.74. The van der Waals surface area contributed by atoms with Gasteiger partial charge in [-0.25, -0.2) is 4.39 Å². The molecule has 2 aliphatic rings. The molecule has 1 aromatic heterocycles. The third kappa shape index (κ3) is 2.17. The van der Waals surface area contributed by atoms with Gasteiger partial charge in [-0.1, -0.05) is 15.9 Å². The first-order valence-electron chi connectivity index (χ1n) is 6.91. The smallest absolute Gasteiger partial charge is 0.389 e. The number of aromatic nitrogens is 1. The van der Waals surface area contributed by atoms with Crippen molar-refractivity contribution in [3.8, 4) is 0 Å². The normalized spacial score (nSPS) is 18.2. The van der Waals surface area contributed by atoms with Crippen LogP contribution in [0.2, 0.25) is 0 Å². The second kappa shape index (κ2) is 5.47. The van der Waals surface area contributed by atoms with Crippen LogP contribution >= 0.6 is 47.8 Å². The fraction of sp³-hybridized carbons (Fsp3) is 0. The lowest BCUT2D eigenvalue weighted by Gasteiger charge is -2.32. The largest absolute Gasteiger partial charge is 0.738 e. The lowest BCUT2D eigenvalue weighted by molar-refractivity contribution is -0.358. The van der Waals surface area contributed by atoms with Crippen molar-refractivity contribution in [2.45, 2.75) is 0 Å². The van der Waals surface area contributed by atoms with Gasteiger partial charge >= 0.3 is 6.97 Å². The molecule has 0 aliphatic carbocycles. The van der Waals surface area contributed by atoms with Crippen LogP contribution in [-0.2, 0) is 0 Å². The summed E-state index contributed by atoms with van der Waals surface area (Å²) in [7, 11) is 0. The van der Waals surface area contributed by atoms with E-state index in [1.54, 1.807) is 30.4 Å². The van der Waals surface area contributed by atoms with Crippen molar-refractivity contribution in [1.29, 1.82) is 0 Å². The quantitative estimate of drug-likeness (QED) is 0.436. The predicted octanol–water partition coefficient (Wildman–Crippen LogP) is 5.52. The molecule has 0 saturated heterocycles. The highest BCUT2D eigenvalue weighted by molar-refractivity contribution is 9.18. The van der Waals surface area contributed by atoms with Crippen LogP contribution < -0.4 is 0 Å². The van der Waals surface area contributed by atoms with E-state index in [0.717, 1.165) is 8.96 Å². The fourth-order valence-corrected chi connectivity index (χ4v) is 4.68. The van der Waals surface area contributed by atoms with E-state index in [9.17, 15) is 4.39 Å². The van der Waals surface area contributed by atoms with Gasteiger partial charge in [-0.2, -0.15) is 0 Å². The first-order chi connectivity index (χ1) is 11.3. The molecule has 0 amide bonds. The van der Waals surface area contributed by atoms with E-state index in [1.165, 1.54) is 12.1 Å². The number of hydrogen-bond acceptors (Lipinski definition) is 0. The van der Waals surface area contributed by atoms with Crippen LogP contribution in [0, 0.1) is 5.82 Å². The molecule has 0 unspecified atom stereocenters. The van der Waals surface area contributed by atoms with Crippen molar-refractivity contribution in [2.24, 2.45) is 0 Å². The zero-order chi connectivity index (χ0) is 17.2. The summed E-state index contributed by atoms with van der Waals surface area (Å²) in [6, 6.07) is 7.40. The van der Waals surface area contributed by atoms with Crippen molar-refractivity contribution in [2.75, 3.05) is 0 Å². The summed E-state index contributed by atoms with van der Waals surface area (Å²) >= 11 is 9.79. The molecule has 0 spiro atoms. The second-order valence-electron chi connectivity index (χ2n) is 5.41. The van der Waals surface area contributed by atoms with E-state index in [2.05, 4.69) is 47.8 Å². The maximum atomic E-state index is 15.1. The van der Waals surface area contributed by atoms with E-state index < -0.39 is 12.8 Å². The lowest BCUT2D eigenvalue weighted by Crippen LogP contribution is -2.50. The summed E-state index contributed by atoms with van der Waals surface area (Å²) in [6.45, 7) is -4.07. The molecule has 0 N–H and O–H groups in total. The maximum Gasteiger partial charge on any atom is 0.738 e. The Labute approximate surface area is 160 Å². The summed E-state index contributed by atoms with van der Waals surface area (Å²) in [5.74, 6) is -0.433. The number of halogens is 6. The Morgan fingerprint density at radius 3 is 2.50 bits per heavy atom. The zero-order valence-electron chi connectivity index (χ0n) is 11.8. The summed E-state index contributed by atoms with van der Waals surface area (Å²) in [4.78, 5) is 0. The molecular weight excluding hydrogens is 516 g/mol. The highest BCUT2D eigenvalue weighted by atomic mass is 79.9. The van der Waals surface area contributed by atoms with Crippen molar-refractivity contribution in [1.82, 2.24) is 4.48 Å². The molecule has 2 aliphatic heterocycles. The monoisotopic (exact) mass is 520 g/mol. The van der Waals surface area contributed by atoms with Gasteiger partial charge in [0.15, 0.2) is 5.70 Å². The number of hydrogen-bond donors (Lipinski definition) is 0. The highest BCUT2D eigenvalue weighted by Crippen LogP contribution is 2.43. The lowest BCUT2D eigenvalue weighted by atomic mass is 9.86. The van der Waals surface area contributed by atoms with E-state index in [1.807, 2.05) is 0 Å². The van der Waals surface area contributed by atoms with E-state index in [4.69, 9.17) is 0 Å². The van der Waals surface area contributed by atoms with Crippen LogP contribution in [0.25, 0.3) is 5.57 Å². The minimum atomic E-state index is -4.07. The number of nitrogens with zero attached hydrogens (tertiary/aromatic N) is 2. The van der Waals surface area contributed by atoms with Gasteiger partial charge in [0.1, 0.15) is 5.82 Å². The van der Waals surface area contributed by atoms with Gasteiger partial charge in [0.05, 0.1) is 10.2 Å². The van der Waals surface area contributed by atoms with Crippen LogP contribution in [0.15, 0.2) is 57.3 Å². The van der Waals surface area contributed by atoms with Gasteiger partial charge in [0, 0.05) is 43.8 Å². The molecule has 0 radical (unpaired) electrons. The van der Waals surface area contributed by atoms with Crippen molar-refractivity contribution < 1.29 is 17.5 Å². The molecule has 0 bridgehead atoms. The van der Waals surface area contributed by atoms with Crippen molar-refractivity contribution in [3.05, 3.63) is 74.3 Å². The average Bonchev–Trinajstić information content (AvgIpc) is 3.08. The summed E-state index contributed by atoms with van der Waals surface area (Å²) in [5, 5.41) is 0. The molecule has 2 aromatic rings. The SMILES string of the molecule is Fc1ccc(Br)c(C2=C3C=CC(Br)=[N+]3[B-](F)(F)n3c(Br)ccc32)c1. The van der Waals surface area contributed by atoms with E-state index in [-0.39, 0.29) is 9.22 Å². The van der Waals surface area contributed by atoms with Gasteiger partial charge in [-0.3, -0.25) is 0 Å². The van der Waals surface area contributed by atoms with Crippen LogP contribution in [0.3, 0.4) is 0 Å². The molecule has 24 heavy (non-hydrogen) atoms.